The van der Waals surface area contributed by atoms with Crippen molar-refractivity contribution >= 4 is 0 Å². The van der Waals surface area contributed by atoms with Crippen LogP contribution in [0.3, 0.4) is 0 Å². The van der Waals surface area contributed by atoms with Gasteiger partial charge in [-0.15, -0.1) is 0 Å². The van der Waals surface area contributed by atoms with Crippen LogP contribution in [-0.2, 0) is 0 Å². The van der Waals surface area contributed by atoms with Crippen LogP contribution in [0, 0.1) is 0 Å². The van der Waals surface area contributed by atoms with Gasteiger partial charge in [0, 0.05) is 43.8 Å². The molecule has 3 heteroatoms. The van der Waals surface area contributed by atoms with Crippen molar-refractivity contribution in [3.63, 3.8) is 0 Å². The van der Waals surface area contributed by atoms with Crippen LogP contribution in [0.1, 0.15) is 46.5 Å². The van der Waals surface area contributed by atoms with Crippen molar-refractivity contribution in [3.05, 3.63) is 0 Å². The minimum atomic E-state index is 0.259. The number of piperazine rings is 1. The minimum absolute atomic E-state index is 0.259. The summed E-state index contributed by atoms with van der Waals surface area (Å²) in [5, 5.41) is 3.80. The van der Waals surface area contributed by atoms with E-state index in [0.717, 1.165) is 12.1 Å². The van der Waals surface area contributed by atoms with Crippen molar-refractivity contribution in [2.75, 3.05) is 33.2 Å². The van der Waals surface area contributed by atoms with Gasteiger partial charge in [-0.2, -0.15) is 0 Å². The molecule has 0 amide bonds. The summed E-state index contributed by atoms with van der Waals surface area (Å²) in [5.41, 5.74) is 0.259. The average Bonchev–Trinajstić information content (AvgIpc) is 2.28. The highest BCUT2D eigenvalue weighted by Gasteiger charge is 2.29. The molecule has 0 aromatic carbocycles. The lowest BCUT2D eigenvalue weighted by molar-refractivity contribution is 0.0794. The second-order valence-corrected chi connectivity index (χ2v) is 7.25. The number of rotatable bonds is 2. The molecular formula is C15H31N3. The molecular weight excluding hydrogens is 222 g/mol. The zero-order valence-corrected chi connectivity index (χ0v) is 12.7. The SMILES string of the molecule is CN1CCN([C@@H]2CCC[C@H](NC(C)(C)C)C2)CC1. The van der Waals surface area contributed by atoms with Gasteiger partial charge in [0.05, 0.1) is 0 Å². The fourth-order valence-corrected chi connectivity index (χ4v) is 3.43. The lowest BCUT2D eigenvalue weighted by Gasteiger charge is -2.43. The normalized spacial score (nSPS) is 32.7. The Kier molecular flexibility index (Phi) is 4.68. The van der Waals surface area contributed by atoms with E-state index in [1.165, 1.54) is 51.9 Å². The van der Waals surface area contributed by atoms with Gasteiger partial charge >= 0.3 is 0 Å². The third-order valence-corrected chi connectivity index (χ3v) is 4.34. The molecule has 1 saturated heterocycles. The lowest BCUT2D eigenvalue weighted by atomic mass is 9.88. The summed E-state index contributed by atoms with van der Waals surface area (Å²) in [6, 6.07) is 1.55. The van der Waals surface area contributed by atoms with Gasteiger partial charge in [-0.25, -0.2) is 0 Å². The Balaban J connectivity index is 1.83. The van der Waals surface area contributed by atoms with E-state index in [0.29, 0.717) is 0 Å². The predicted molar refractivity (Wildman–Crippen MR) is 78.0 cm³/mol. The van der Waals surface area contributed by atoms with E-state index in [2.05, 4.69) is 42.9 Å². The largest absolute Gasteiger partial charge is 0.309 e. The van der Waals surface area contributed by atoms with E-state index in [1.807, 2.05) is 0 Å². The van der Waals surface area contributed by atoms with E-state index in [4.69, 9.17) is 0 Å². The van der Waals surface area contributed by atoms with Gasteiger partial charge in [0.25, 0.3) is 0 Å². The van der Waals surface area contributed by atoms with E-state index in [-0.39, 0.29) is 5.54 Å². The fraction of sp³-hybridized carbons (Fsp3) is 1.00. The third kappa shape index (κ3) is 4.22. The summed E-state index contributed by atoms with van der Waals surface area (Å²) in [6.45, 7) is 11.9. The number of hydrogen-bond acceptors (Lipinski definition) is 3. The molecule has 0 radical (unpaired) electrons. The van der Waals surface area contributed by atoms with Crippen LogP contribution in [0.15, 0.2) is 0 Å². The number of hydrogen-bond donors (Lipinski definition) is 1. The molecule has 1 aliphatic heterocycles. The highest BCUT2D eigenvalue weighted by Crippen LogP contribution is 2.25. The summed E-state index contributed by atoms with van der Waals surface area (Å²) in [4.78, 5) is 5.18. The highest BCUT2D eigenvalue weighted by atomic mass is 15.3. The monoisotopic (exact) mass is 253 g/mol. The van der Waals surface area contributed by atoms with Crippen LogP contribution in [0.25, 0.3) is 0 Å². The number of nitrogens with zero attached hydrogens (tertiary/aromatic N) is 2. The average molecular weight is 253 g/mol. The van der Waals surface area contributed by atoms with Gasteiger partial charge in [0.2, 0.25) is 0 Å². The van der Waals surface area contributed by atoms with Crippen molar-refractivity contribution in [3.8, 4) is 0 Å². The molecule has 0 aromatic rings. The zero-order valence-electron chi connectivity index (χ0n) is 12.7. The molecule has 1 saturated carbocycles. The molecule has 0 unspecified atom stereocenters. The Morgan fingerprint density at radius 2 is 1.67 bits per heavy atom. The maximum absolute atomic E-state index is 3.80. The summed E-state index contributed by atoms with van der Waals surface area (Å²) >= 11 is 0. The molecule has 106 valence electrons. The van der Waals surface area contributed by atoms with Gasteiger partial charge in [-0.1, -0.05) is 6.42 Å². The van der Waals surface area contributed by atoms with Gasteiger partial charge in [-0.3, -0.25) is 4.90 Å². The molecule has 2 aliphatic rings. The van der Waals surface area contributed by atoms with Gasteiger partial charge in [-0.05, 0) is 47.1 Å². The second kappa shape index (κ2) is 5.89. The molecule has 1 aliphatic carbocycles. The molecule has 3 nitrogen and oxygen atoms in total. The van der Waals surface area contributed by atoms with Crippen LogP contribution in [0.5, 0.6) is 0 Å². The predicted octanol–water partition coefficient (Wildman–Crippen LogP) is 1.93. The van der Waals surface area contributed by atoms with Gasteiger partial charge < -0.3 is 10.2 Å². The van der Waals surface area contributed by atoms with Crippen molar-refractivity contribution in [1.29, 1.82) is 0 Å². The fourth-order valence-electron chi connectivity index (χ4n) is 3.43. The Morgan fingerprint density at radius 1 is 1.00 bits per heavy atom. The Labute approximate surface area is 113 Å². The Bertz CT molecular complexity index is 251. The molecule has 1 N–H and O–H groups in total. The molecule has 2 atom stereocenters. The topological polar surface area (TPSA) is 18.5 Å². The lowest BCUT2D eigenvalue weighted by Crippen LogP contribution is -2.53. The van der Waals surface area contributed by atoms with Crippen LogP contribution >= 0.6 is 0 Å². The molecule has 0 aromatic heterocycles. The second-order valence-electron chi connectivity index (χ2n) is 7.25. The van der Waals surface area contributed by atoms with Crippen LogP contribution < -0.4 is 5.32 Å². The minimum Gasteiger partial charge on any atom is -0.309 e. The van der Waals surface area contributed by atoms with Gasteiger partial charge in [0.1, 0.15) is 0 Å². The van der Waals surface area contributed by atoms with Crippen molar-refractivity contribution in [1.82, 2.24) is 15.1 Å². The van der Waals surface area contributed by atoms with Crippen molar-refractivity contribution in [2.24, 2.45) is 0 Å². The molecule has 0 bridgehead atoms. The summed E-state index contributed by atoms with van der Waals surface area (Å²) < 4.78 is 0. The smallest absolute Gasteiger partial charge is 0.0113 e. The quantitative estimate of drug-likeness (QED) is 0.811. The summed E-state index contributed by atoms with van der Waals surface area (Å²) in [5.74, 6) is 0. The van der Waals surface area contributed by atoms with Crippen LogP contribution in [0.4, 0.5) is 0 Å². The van der Waals surface area contributed by atoms with Crippen molar-refractivity contribution < 1.29 is 0 Å². The standard InChI is InChI=1S/C15H31N3/c1-15(2,3)16-13-6-5-7-14(12-13)18-10-8-17(4)9-11-18/h13-14,16H,5-12H2,1-4H3/t13-,14+/m0/s1. The molecule has 2 rings (SSSR count). The molecule has 1 heterocycles. The van der Waals surface area contributed by atoms with E-state index in [1.54, 1.807) is 0 Å². The highest BCUT2D eigenvalue weighted by molar-refractivity contribution is 4.88. The third-order valence-electron chi connectivity index (χ3n) is 4.34. The maximum atomic E-state index is 3.80. The first-order valence-electron chi connectivity index (χ1n) is 7.64. The Morgan fingerprint density at radius 3 is 2.28 bits per heavy atom. The number of nitrogens with one attached hydrogen (secondary N) is 1. The molecule has 0 spiro atoms. The summed E-state index contributed by atoms with van der Waals surface area (Å²) in [7, 11) is 2.24. The van der Waals surface area contributed by atoms with Gasteiger partial charge in [0.15, 0.2) is 0 Å². The first kappa shape index (κ1) is 14.3. The maximum Gasteiger partial charge on any atom is 0.0113 e. The zero-order chi connectivity index (χ0) is 13.2. The number of likely N-dealkylation sites (N-methyl/N-ethyl adjacent to an activating group) is 1. The molecule has 2 fully saturated rings. The Hall–Kier alpha value is -0.120. The van der Waals surface area contributed by atoms with Crippen molar-refractivity contribution in [2.45, 2.75) is 64.1 Å². The summed E-state index contributed by atoms with van der Waals surface area (Å²) in [6.07, 6.45) is 5.51. The van der Waals surface area contributed by atoms with Crippen LogP contribution in [-0.4, -0.2) is 60.6 Å². The van der Waals surface area contributed by atoms with E-state index in [9.17, 15) is 0 Å². The molecule has 18 heavy (non-hydrogen) atoms. The van der Waals surface area contributed by atoms with E-state index < -0.39 is 0 Å². The first-order valence-corrected chi connectivity index (χ1v) is 7.64. The van der Waals surface area contributed by atoms with Crippen LogP contribution in [0.2, 0.25) is 0 Å². The van der Waals surface area contributed by atoms with E-state index >= 15 is 0 Å². The first-order chi connectivity index (χ1) is 8.44.